The molecule has 0 bridgehead atoms. The first-order valence-corrected chi connectivity index (χ1v) is 4.58. The summed E-state index contributed by atoms with van der Waals surface area (Å²) in [5.41, 5.74) is 0. The second-order valence-electron chi connectivity index (χ2n) is 1.83. The molecule has 0 aliphatic carbocycles. The molecule has 0 unspecified atom stereocenters. The predicted octanol–water partition coefficient (Wildman–Crippen LogP) is 1.29. The molecular formula is C7H5NSe. The molecule has 0 saturated heterocycles. The molecule has 9 heavy (non-hydrogen) atoms. The van der Waals surface area contributed by atoms with Gasteiger partial charge in [-0.3, -0.25) is 0 Å². The first-order chi connectivity index (χ1) is 4.47. The number of fused-ring (bicyclic) bond motifs is 1. The van der Waals surface area contributed by atoms with Gasteiger partial charge in [0.05, 0.1) is 0 Å². The van der Waals surface area contributed by atoms with Crippen molar-refractivity contribution in [3.05, 3.63) is 29.5 Å². The van der Waals surface area contributed by atoms with E-state index in [0.717, 1.165) is 0 Å². The van der Waals surface area contributed by atoms with E-state index in [1.54, 1.807) is 0 Å². The van der Waals surface area contributed by atoms with E-state index in [-0.39, 0.29) is 0 Å². The molecule has 0 aromatic carbocycles. The van der Waals surface area contributed by atoms with Gasteiger partial charge in [0, 0.05) is 0 Å². The minimum absolute atomic E-state index is 0.559. The van der Waals surface area contributed by atoms with Crippen molar-refractivity contribution >= 4 is 24.1 Å². The Hall–Kier alpha value is -0.591. The van der Waals surface area contributed by atoms with Gasteiger partial charge in [0.2, 0.25) is 0 Å². The normalized spacial score (nSPS) is 10.2. The van der Waals surface area contributed by atoms with Crippen molar-refractivity contribution in [3.8, 4) is 0 Å². The molecule has 0 amide bonds. The standard InChI is InChI=1S/C7H5NSe/c1-3-8-5-7-6(1)2-4-9-7/h1-5H. The first-order valence-electron chi connectivity index (χ1n) is 2.74. The summed E-state index contributed by atoms with van der Waals surface area (Å²) in [4.78, 5) is 6.25. The van der Waals surface area contributed by atoms with Crippen molar-refractivity contribution in [2.45, 2.75) is 0 Å². The third-order valence-corrected chi connectivity index (χ3v) is 3.08. The monoisotopic (exact) mass is 183 g/mol. The van der Waals surface area contributed by atoms with Gasteiger partial charge in [0.15, 0.2) is 0 Å². The number of aromatic nitrogens is 1. The Bertz CT molecular complexity index is 283. The molecule has 1 nitrogen and oxygen atoms in total. The summed E-state index contributed by atoms with van der Waals surface area (Å²) >= 11 is 0.559. The summed E-state index contributed by atoms with van der Waals surface area (Å²) < 4.78 is 1.41. The second kappa shape index (κ2) is 1.98. The third-order valence-electron chi connectivity index (χ3n) is 1.26. The Kier molecular flexibility index (Phi) is 1.15. The second-order valence-corrected chi connectivity index (χ2v) is 3.82. The van der Waals surface area contributed by atoms with Crippen molar-refractivity contribution in [1.29, 1.82) is 0 Å². The zero-order valence-corrected chi connectivity index (χ0v) is 6.46. The minimum atomic E-state index is 0.559. The van der Waals surface area contributed by atoms with Crippen molar-refractivity contribution in [2.24, 2.45) is 0 Å². The van der Waals surface area contributed by atoms with Gasteiger partial charge in [-0.15, -0.1) is 0 Å². The summed E-state index contributed by atoms with van der Waals surface area (Å²) in [5, 5.41) is 1.35. The molecule has 0 fully saturated rings. The van der Waals surface area contributed by atoms with Gasteiger partial charge in [-0.1, -0.05) is 0 Å². The quantitative estimate of drug-likeness (QED) is 0.559. The molecule has 0 saturated carbocycles. The van der Waals surface area contributed by atoms with Crippen LogP contribution in [-0.4, -0.2) is 19.5 Å². The Morgan fingerprint density at radius 3 is 3.22 bits per heavy atom. The van der Waals surface area contributed by atoms with Crippen LogP contribution < -0.4 is 0 Å². The van der Waals surface area contributed by atoms with Crippen LogP contribution in [0.2, 0.25) is 0 Å². The predicted molar refractivity (Wildman–Crippen MR) is 38.7 cm³/mol. The first kappa shape index (κ1) is 5.21. The van der Waals surface area contributed by atoms with Gasteiger partial charge in [0.1, 0.15) is 0 Å². The van der Waals surface area contributed by atoms with Gasteiger partial charge in [-0.2, -0.15) is 0 Å². The van der Waals surface area contributed by atoms with Gasteiger partial charge >= 0.3 is 58.6 Å². The molecule has 2 heteroatoms. The van der Waals surface area contributed by atoms with E-state index in [1.165, 1.54) is 9.65 Å². The van der Waals surface area contributed by atoms with Crippen LogP contribution in [0.25, 0.3) is 9.65 Å². The third kappa shape index (κ3) is 0.805. The number of nitrogens with zero attached hydrogens (tertiary/aromatic N) is 1. The van der Waals surface area contributed by atoms with Gasteiger partial charge in [-0.25, -0.2) is 0 Å². The van der Waals surface area contributed by atoms with E-state index >= 15 is 0 Å². The van der Waals surface area contributed by atoms with Crippen LogP contribution in [0.3, 0.4) is 0 Å². The number of pyridine rings is 1. The zero-order valence-electron chi connectivity index (χ0n) is 4.74. The topological polar surface area (TPSA) is 12.9 Å². The van der Waals surface area contributed by atoms with Crippen molar-refractivity contribution < 1.29 is 0 Å². The average Bonchev–Trinajstić information content (AvgIpc) is 2.33. The fraction of sp³-hybridized carbons (Fsp3) is 0. The average molecular weight is 182 g/mol. The molecule has 2 aromatic rings. The summed E-state index contributed by atoms with van der Waals surface area (Å²) in [6, 6.07) is 4.22. The van der Waals surface area contributed by atoms with Crippen LogP contribution in [0, 0.1) is 0 Å². The van der Waals surface area contributed by atoms with Gasteiger partial charge < -0.3 is 0 Å². The van der Waals surface area contributed by atoms with Gasteiger partial charge in [0.25, 0.3) is 0 Å². The van der Waals surface area contributed by atoms with Crippen LogP contribution in [0.15, 0.2) is 29.5 Å². The number of rotatable bonds is 0. The summed E-state index contributed by atoms with van der Waals surface area (Å²) in [5.74, 6) is 0. The maximum atomic E-state index is 4.03. The molecule has 2 rings (SSSR count). The Morgan fingerprint density at radius 2 is 2.33 bits per heavy atom. The molecule has 2 heterocycles. The summed E-state index contributed by atoms with van der Waals surface area (Å²) in [6.45, 7) is 0. The van der Waals surface area contributed by atoms with E-state index in [2.05, 4.69) is 22.1 Å². The molecular weight excluding hydrogens is 177 g/mol. The summed E-state index contributed by atoms with van der Waals surface area (Å²) in [6.07, 6.45) is 3.79. The molecule has 0 radical (unpaired) electrons. The fourth-order valence-electron chi connectivity index (χ4n) is 0.808. The molecule has 44 valence electrons. The number of hydrogen-bond acceptors (Lipinski definition) is 1. The molecule has 2 aromatic heterocycles. The zero-order chi connectivity index (χ0) is 6.10. The van der Waals surface area contributed by atoms with Crippen LogP contribution in [0.1, 0.15) is 0 Å². The van der Waals surface area contributed by atoms with E-state index in [0.29, 0.717) is 14.5 Å². The Morgan fingerprint density at radius 1 is 1.33 bits per heavy atom. The van der Waals surface area contributed by atoms with E-state index < -0.39 is 0 Å². The SMILES string of the molecule is c1cc2cc[se]c2cn1. The van der Waals surface area contributed by atoms with Crippen LogP contribution in [-0.2, 0) is 0 Å². The van der Waals surface area contributed by atoms with Crippen molar-refractivity contribution in [1.82, 2.24) is 4.98 Å². The molecule has 0 atom stereocenters. The van der Waals surface area contributed by atoms with Crippen LogP contribution in [0.4, 0.5) is 0 Å². The van der Waals surface area contributed by atoms with E-state index in [9.17, 15) is 0 Å². The van der Waals surface area contributed by atoms with Crippen molar-refractivity contribution in [3.63, 3.8) is 0 Å². The van der Waals surface area contributed by atoms with E-state index in [4.69, 9.17) is 0 Å². The maximum absolute atomic E-state index is 4.03. The van der Waals surface area contributed by atoms with E-state index in [1.807, 2.05) is 12.4 Å². The molecule has 0 aliphatic heterocycles. The Balaban J connectivity index is 2.95. The Labute approximate surface area is 59.1 Å². The molecule has 0 aliphatic rings. The fourth-order valence-corrected chi connectivity index (χ4v) is 2.39. The van der Waals surface area contributed by atoms with Crippen LogP contribution in [0.5, 0.6) is 0 Å². The van der Waals surface area contributed by atoms with Crippen LogP contribution >= 0.6 is 0 Å². The number of hydrogen-bond donors (Lipinski definition) is 0. The summed E-state index contributed by atoms with van der Waals surface area (Å²) in [7, 11) is 0. The van der Waals surface area contributed by atoms with Gasteiger partial charge in [-0.05, 0) is 0 Å². The van der Waals surface area contributed by atoms with Crippen molar-refractivity contribution in [2.75, 3.05) is 0 Å². The molecule has 0 N–H and O–H groups in total. The molecule has 0 spiro atoms.